The van der Waals surface area contributed by atoms with Crippen LogP contribution >= 0.6 is 11.8 Å². The third-order valence-corrected chi connectivity index (χ3v) is 7.95. The second-order valence-electron chi connectivity index (χ2n) is 9.02. The van der Waals surface area contributed by atoms with Gasteiger partial charge >= 0.3 is 0 Å². The summed E-state index contributed by atoms with van der Waals surface area (Å²) in [6.45, 7) is 1.84. The smallest absolute Gasteiger partial charge is 0.243 e. The van der Waals surface area contributed by atoms with Gasteiger partial charge in [0.2, 0.25) is 5.52 Å². The lowest BCUT2D eigenvalue weighted by Gasteiger charge is -2.23. The van der Waals surface area contributed by atoms with Gasteiger partial charge in [0, 0.05) is 60.0 Å². The summed E-state index contributed by atoms with van der Waals surface area (Å²) in [6, 6.07) is 11.7. The molecule has 4 heterocycles. The fraction of sp³-hybridized carbons (Fsp3) is 0.250. The molecule has 2 unspecified atom stereocenters. The highest BCUT2D eigenvalue weighted by Crippen LogP contribution is 2.50. The Balaban J connectivity index is 1.32. The van der Waals surface area contributed by atoms with Crippen LogP contribution in [0.2, 0.25) is 0 Å². The van der Waals surface area contributed by atoms with Crippen LogP contribution in [0.25, 0.3) is 22.2 Å². The van der Waals surface area contributed by atoms with Crippen molar-refractivity contribution in [2.75, 3.05) is 23.7 Å². The van der Waals surface area contributed by atoms with Crippen molar-refractivity contribution in [3.8, 4) is 11.1 Å². The molecule has 0 amide bonds. The number of benzene rings is 1. The maximum absolute atomic E-state index is 12.2. The molecular formula is C24H21N7OS. The SMILES string of the molecule is Nc1cccc2c1Cc1nc(Sc3cnc4ccc[n+]([O-])c4c3)nc(N3CC4C(N)C4C3)c1-2. The number of nitrogen functional groups attached to an aromatic ring is 1. The molecule has 1 saturated heterocycles. The van der Waals surface area contributed by atoms with Gasteiger partial charge in [-0.15, -0.1) is 0 Å². The van der Waals surface area contributed by atoms with Crippen LogP contribution in [-0.2, 0) is 6.42 Å². The van der Waals surface area contributed by atoms with Crippen LogP contribution < -0.4 is 21.1 Å². The van der Waals surface area contributed by atoms with Crippen molar-refractivity contribution < 1.29 is 4.73 Å². The lowest BCUT2D eigenvalue weighted by molar-refractivity contribution is -0.577. The van der Waals surface area contributed by atoms with Gasteiger partial charge in [0.25, 0.3) is 0 Å². The van der Waals surface area contributed by atoms with E-state index in [0.29, 0.717) is 40.5 Å². The van der Waals surface area contributed by atoms with Crippen LogP contribution in [0.5, 0.6) is 0 Å². The van der Waals surface area contributed by atoms with Crippen LogP contribution in [0.1, 0.15) is 11.3 Å². The number of pyridine rings is 2. The molecule has 7 rings (SSSR count). The summed E-state index contributed by atoms with van der Waals surface area (Å²) in [6.07, 6.45) is 3.94. The molecule has 3 aromatic heterocycles. The number of nitrogens with two attached hydrogens (primary N) is 2. The first-order chi connectivity index (χ1) is 16.1. The molecule has 1 aromatic carbocycles. The number of piperidine rings is 1. The van der Waals surface area contributed by atoms with Crippen molar-refractivity contribution in [3.63, 3.8) is 0 Å². The minimum atomic E-state index is 0.315. The van der Waals surface area contributed by atoms with Crippen molar-refractivity contribution in [3.05, 3.63) is 65.3 Å². The fourth-order valence-corrected chi connectivity index (χ4v) is 6.08. The van der Waals surface area contributed by atoms with Gasteiger partial charge in [0.1, 0.15) is 11.3 Å². The third kappa shape index (κ3) is 2.89. The first-order valence-corrected chi connectivity index (χ1v) is 11.8. The van der Waals surface area contributed by atoms with E-state index in [-0.39, 0.29) is 0 Å². The van der Waals surface area contributed by atoms with Crippen LogP contribution in [0, 0.1) is 17.0 Å². The Bertz CT molecular complexity index is 1450. The van der Waals surface area contributed by atoms with Crippen LogP contribution in [0.4, 0.5) is 11.5 Å². The van der Waals surface area contributed by atoms with E-state index in [1.165, 1.54) is 18.0 Å². The van der Waals surface area contributed by atoms with E-state index in [9.17, 15) is 5.21 Å². The van der Waals surface area contributed by atoms with Crippen molar-refractivity contribution in [1.29, 1.82) is 0 Å². The molecule has 1 saturated carbocycles. The number of hydrogen-bond donors (Lipinski definition) is 2. The van der Waals surface area contributed by atoms with Gasteiger partial charge in [0.15, 0.2) is 11.4 Å². The Hall–Kier alpha value is -3.43. The zero-order valence-electron chi connectivity index (χ0n) is 17.7. The standard InChI is InChI=1S/C24H21N7OS/c25-17-4-1-3-13-14(17)8-19-21(13)23(30-10-15-16(11-30)22(15)26)29-24(28-19)33-12-7-20-18(27-9-12)5-2-6-31(20)32/h1-7,9,15-16,22H,8,10-11,25-26H2. The molecule has 164 valence electrons. The van der Waals surface area contributed by atoms with Crippen molar-refractivity contribution in [2.45, 2.75) is 22.5 Å². The number of nitrogens with zero attached hydrogens (tertiary/aromatic N) is 5. The topological polar surface area (TPSA) is 121 Å². The highest BCUT2D eigenvalue weighted by atomic mass is 32.2. The summed E-state index contributed by atoms with van der Waals surface area (Å²) in [5.41, 5.74) is 18.8. The zero-order valence-corrected chi connectivity index (χ0v) is 18.5. The third-order valence-electron chi connectivity index (χ3n) is 7.12. The average Bonchev–Trinajstić information content (AvgIpc) is 3.17. The highest BCUT2D eigenvalue weighted by molar-refractivity contribution is 7.99. The maximum atomic E-state index is 12.2. The quantitative estimate of drug-likeness (QED) is 0.184. The molecule has 9 heteroatoms. The Morgan fingerprint density at radius 1 is 1.12 bits per heavy atom. The summed E-state index contributed by atoms with van der Waals surface area (Å²) in [5.74, 6) is 2.05. The average molecular weight is 456 g/mol. The van der Waals surface area contributed by atoms with Gasteiger partial charge < -0.3 is 21.6 Å². The van der Waals surface area contributed by atoms with E-state index < -0.39 is 0 Å². The van der Waals surface area contributed by atoms with Crippen LogP contribution in [-0.4, -0.2) is 34.1 Å². The van der Waals surface area contributed by atoms with Crippen molar-refractivity contribution >= 4 is 34.3 Å². The minimum Gasteiger partial charge on any atom is -0.618 e. The number of aromatic nitrogens is 4. The molecule has 0 radical (unpaired) electrons. The van der Waals surface area contributed by atoms with Gasteiger partial charge in [-0.3, -0.25) is 0 Å². The molecule has 3 aliphatic rings. The summed E-state index contributed by atoms with van der Waals surface area (Å²) in [4.78, 5) is 17.6. The Kier molecular flexibility index (Phi) is 3.92. The highest BCUT2D eigenvalue weighted by Gasteiger charge is 2.54. The van der Waals surface area contributed by atoms with E-state index in [4.69, 9.17) is 21.4 Å². The van der Waals surface area contributed by atoms with E-state index in [0.717, 1.165) is 56.6 Å². The van der Waals surface area contributed by atoms with Gasteiger partial charge in [-0.1, -0.05) is 12.1 Å². The number of rotatable bonds is 3. The predicted molar refractivity (Wildman–Crippen MR) is 127 cm³/mol. The van der Waals surface area contributed by atoms with E-state index in [1.54, 1.807) is 12.3 Å². The van der Waals surface area contributed by atoms with Gasteiger partial charge in [-0.2, -0.15) is 4.73 Å². The van der Waals surface area contributed by atoms with Gasteiger partial charge in [-0.05, 0) is 46.9 Å². The van der Waals surface area contributed by atoms with Crippen molar-refractivity contribution in [1.82, 2.24) is 15.0 Å². The van der Waals surface area contributed by atoms with Gasteiger partial charge in [0.05, 0.1) is 5.69 Å². The summed E-state index contributed by atoms with van der Waals surface area (Å²) in [7, 11) is 0. The lowest BCUT2D eigenvalue weighted by atomic mass is 10.1. The predicted octanol–water partition coefficient (Wildman–Crippen LogP) is 2.36. The fourth-order valence-electron chi connectivity index (χ4n) is 5.30. The number of anilines is 2. The van der Waals surface area contributed by atoms with Crippen LogP contribution in [0.15, 0.2) is 58.8 Å². The van der Waals surface area contributed by atoms with Crippen LogP contribution in [0.3, 0.4) is 0 Å². The zero-order chi connectivity index (χ0) is 22.3. The second kappa shape index (κ2) is 6.79. The Labute approximate surface area is 194 Å². The minimum absolute atomic E-state index is 0.315. The van der Waals surface area contributed by atoms with E-state index in [2.05, 4.69) is 16.0 Å². The lowest BCUT2D eigenvalue weighted by Crippen LogP contribution is -2.29. The maximum Gasteiger partial charge on any atom is 0.243 e. The largest absolute Gasteiger partial charge is 0.618 e. The molecule has 4 N–H and O–H groups in total. The number of hydrogen-bond acceptors (Lipinski definition) is 8. The molecule has 2 atom stereocenters. The Morgan fingerprint density at radius 3 is 2.82 bits per heavy atom. The molecule has 1 aliphatic heterocycles. The summed E-state index contributed by atoms with van der Waals surface area (Å²) in [5, 5.41) is 12.8. The van der Waals surface area contributed by atoms with E-state index in [1.807, 2.05) is 24.3 Å². The second-order valence-corrected chi connectivity index (χ2v) is 10.1. The van der Waals surface area contributed by atoms with Gasteiger partial charge in [-0.25, -0.2) is 15.0 Å². The molecule has 0 spiro atoms. The monoisotopic (exact) mass is 455 g/mol. The first-order valence-electron chi connectivity index (χ1n) is 11.0. The normalized spacial score (nSPS) is 22.3. The molecule has 8 nitrogen and oxygen atoms in total. The summed E-state index contributed by atoms with van der Waals surface area (Å²) >= 11 is 1.43. The van der Waals surface area contributed by atoms with Crippen molar-refractivity contribution in [2.24, 2.45) is 17.6 Å². The molecule has 4 aromatic rings. The van der Waals surface area contributed by atoms with E-state index >= 15 is 0 Å². The molecule has 2 aliphatic carbocycles. The molecular weight excluding hydrogens is 434 g/mol. The first kappa shape index (κ1) is 19.1. The molecule has 0 bridgehead atoms. The Morgan fingerprint density at radius 2 is 1.97 bits per heavy atom. The molecule has 33 heavy (non-hydrogen) atoms. The number of fused-ring (bicyclic) bond motifs is 5. The summed E-state index contributed by atoms with van der Waals surface area (Å²) < 4.78 is 0.834. The molecule has 2 fully saturated rings.